The van der Waals surface area contributed by atoms with E-state index in [9.17, 15) is 4.79 Å². The van der Waals surface area contributed by atoms with Crippen molar-refractivity contribution in [1.82, 2.24) is 4.90 Å². The minimum Gasteiger partial charge on any atom is -0.323 e. The molecule has 0 saturated heterocycles. The lowest BCUT2D eigenvalue weighted by atomic mass is 9.93. The number of benzene rings is 1. The maximum Gasteiger partial charge on any atom is 0.220 e. The van der Waals surface area contributed by atoms with Gasteiger partial charge in [-0.1, -0.05) is 24.3 Å². The van der Waals surface area contributed by atoms with Crippen molar-refractivity contribution in [2.45, 2.75) is 19.4 Å². The zero-order valence-electron chi connectivity index (χ0n) is 8.60. The molecule has 0 radical (unpaired) electrons. The van der Waals surface area contributed by atoms with Crippen LogP contribution in [0.15, 0.2) is 24.3 Å². The molecule has 0 fully saturated rings. The predicted octanol–water partition coefficient (Wildman–Crippen LogP) is 1.66. The summed E-state index contributed by atoms with van der Waals surface area (Å²) in [5.74, 6) is -0.0314. The summed E-state index contributed by atoms with van der Waals surface area (Å²) in [4.78, 5) is 13.0. The van der Waals surface area contributed by atoms with Gasteiger partial charge in [-0.25, -0.2) is 0 Å². The molecule has 1 heterocycles. The molecule has 1 aromatic carbocycles. The van der Waals surface area contributed by atoms with Gasteiger partial charge in [0.05, 0.1) is 6.07 Å². The maximum atomic E-state index is 11.4. The summed E-state index contributed by atoms with van der Waals surface area (Å²) in [5.41, 5.74) is 2.16. The average molecular weight is 200 g/mol. The minimum atomic E-state index is -0.410. The highest BCUT2D eigenvalue weighted by atomic mass is 16.2. The first-order valence-corrected chi connectivity index (χ1v) is 4.98. The lowest BCUT2D eigenvalue weighted by Gasteiger charge is -2.32. The smallest absolute Gasteiger partial charge is 0.220 e. The molecule has 1 amide bonds. The van der Waals surface area contributed by atoms with Gasteiger partial charge in [-0.15, -0.1) is 0 Å². The number of rotatable bonds is 0. The molecule has 0 aliphatic carbocycles. The third-order valence-corrected chi connectivity index (χ3v) is 2.81. The summed E-state index contributed by atoms with van der Waals surface area (Å²) >= 11 is 0. The first-order chi connectivity index (χ1) is 7.24. The molecule has 1 aliphatic rings. The Morgan fingerprint density at radius 3 is 2.93 bits per heavy atom. The Labute approximate surface area is 88.9 Å². The predicted molar refractivity (Wildman–Crippen MR) is 55.9 cm³/mol. The zero-order chi connectivity index (χ0) is 10.8. The third-order valence-electron chi connectivity index (χ3n) is 2.81. The second-order valence-electron chi connectivity index (χ2n) is 3.69. The van der Waals surface area contributed by atoms with Gasteiger partial charge >= 0.3 is 0 Å². The number of carbonyl (C=O) groups excluding carboxylic acids is 1. The van der Waals surface area contributed by atoms with Crippen LogP contribution in [-0.4, -0.2) is 17.4 Å². The van der Waals surface area contributed by atoms with Crippen molar-refractivity contribution in [3.8, 4) is 6.07 Å². The summed E-state index contributed by atoms with van der Waals surface area (Å²) < 4.78 is 0. The van der Waals surface area contributed by atoms with Gasteiger partial charge in [0.2, 0.25) is 5.91 Å². The Balaban J connectivity index is 2.44. The fourth-order valence-electron chi connectivity index (χ4n) is 2.05. The van der Waals surface area contributed by atoms with Crippen LogP contribution in [0.1, 0.15) is 24.1 Å². The molecule has 3 heteroatoms. The van der Waals surface area contributed by atoms with E-state index in [0.717, 1.165) is 12.0 Å². The minimum absolute atomic E-state index is 0.0314. The molecule has 1 aliphatic heterocycles. The van der Waals surface area contributed by atoms with Crippen molar-refractivity contribution in [3.63, 3.8) is 0 Å². The molecule has 15 heavy (non-hydrogen) atoms. The molecule has 0 aromatic heterocycles. The lowest BCUT2D eigenvalue weighted by molar-refractivity contribution is -0.130. The number of carbonyl (C=O) groups is 1. The van der Waals surface area contributed by atoms with Gasteiger partial charge in [-0.3, -0.25) is 4.79 Å². The van der Waals surface area contributed by atoms with E-state index in [4.69, 9.17) is 5.26 Å². The highest BCUT2D eigenvalue weighted by Crippen LogP contribution is 2.28. The van der Waals surface area contributed by atoms with Gasteiger partial charge in [0.15, 0.2) is 0 Å². The van der Waals surface area contributed by atoms with Crippen LogP contribution in [0, 0.1) is 11.3 Å². The average Bonchev–Trinajstić information content (AvgIpc) is 2.27. The van der Waals surface area contributed by atoms with Crippen molar-refractivity contribution in [1.29, 1.82) is 5.26 Å². The summed E-state index contributed by atoms with van der Waals surface area (Å²) in [6, 6.07) is 9.62. The Morgan fingerprint density at radius 1 is 1.53 bits per heavy atom. The number of nitriles is 1. The first kappa shape index (κ1) is 9.72. The molecule has 2 rings (SSSR count). The monoisotopic (exact) mass is 200 g/mol. The Bertz CT molecular complexity index is 433. The third kappa shape index (κ3) is 1.59. The van der Waals surface area contributed by atoms with E-state index in [-0.39, 0.29) is 5.91 Å². The molecule has 0 bridgehead atoms. The molecule has 1 atom stereocenters. The molecular formula is C12H12N2O. The van der Waals surface area contributed by atoms with E-state index in [1.807, 2.05) is 24.3 Å². The Kier molecular flexibility index (Phi) is 2.42. The van der Waals surface area contributed by atoms with Crippen molar-refractivity contribution in [2.24, 2.45) is 0 Å². The first-order valence-electron chi connectivity index (χ1n) is 4.98. The van der Waals surface area contributed by atoms with Gasteiger partial charge in [-0.05, 0) is 17.5 Å². The highest BCUT2D eigenvalue weighted by molar-refractivity contribution is 5.74. The van der Waals surface area contributed by atoms with Crippen molar-refractivity contribution in [2.75, 3.05) is 6.54 Å². The normalized spacial score (nSPS) is 19.2. The lowest BCUT2D eigenvalue weighted by Crippen LogP contribution is -2.38. The van der Waals surface area contributed by atoms with Gasteiger partial charge < -0.3 is 4.90 Å². The fraction of sp³-hybridized carbons (Fsp3) is 0.333. The summed E-state index contributed by atoms with van der Waals surface area (Å²) in [6.45, 7) is 2.16. The summed E-state index contributed by atoms with van der Waals surface area (Å²) in [6.07, 6.45) is 0.841. The molecule has 0 N–H and O–H groups in total. The number of hydrogen-bond donors (Lipinski definition) is 0. The van der Waals surface area contributed by atoms with E-state index < -0.39 is 6.04 Å². The number of amides is 1. The number of hydrogen-bond acceptors (Lipinski definition) is 2. The molecule has 0 saturated carbocycles. The highest BCUT2D eigenvalue weighted by Gasteiger charge is 2.28. The van der Waals surface area contributed by atoms with Crippen molar-refractivity contribution in [3.05, 3.63) is 35.4 Å². The van der Waals surface area contributed by atoms with E-state index in [2.05, 4.69) is 6.07 Å². The largest absolute Gasteiger partial charge is 0.323 e. The van der Waals surface area contributed by atoms with Crippen LogP contribution in [0.25, 0.3) is 0 Å². The van der Waals surface area contributed by atoms with E-state index in [1.54, 1.807) is 4.90 Å². The Hall–Kier alpha value is -1.82. The van der Waals surface area contributed by atoms with Crippen molar-refractivity contribution < 1.29 is 4.79 Å². The fourth-order valence-corrected chi connectivity index (χ4v) is 2.05. The molecule has 76 valence electrons. The van der Waals surface area contributed by atoms with Crippen LogP contribution in [0.5, 0.6) is 0 Å². The second-order valence-corrected chi connectivity index (χ2v) is 3.69. The van der Waals surface area contributed by atoms with Crippen LogP contribution in [0.2, 0.25) is 0 Å². The standard InChI is InChI=1S/C12H12N2O/c1-9(15)14-7-6-10-4-2-3-5-11(10)12(14)8-13/h2-5,12H,6-7H2,1H3/t12-/m1/s1. The molecule has 0 unspecified atom stereocenters. The summed E-state index contributed by atoms with van der Waals surface area (Å²) in [7, 11) is 0. The summed E-state index contributed by atoms with van der Waals surface area (Å²) in [5, 5.41) is 9.11. The van der Waals surface area contributed by atoms with Gasteiger partial charge in [0, 0.05) is 13.5 Å². The van der Waals surface area contributed by atoms with Gasteiger partial charge in [0.25, 0.3) is 0 Å². The van der Waals surface area contributed by atoms with E-state index in [0.29, 0.717) is 6.54 Å². The van der Waals surface area contributed by atoms with Gasteiger partial charge in [-0.2, -0.15) is 5.26 Å². The zero-order valence-corrected chi connectivity index (χ0v) is 8.60. The van der Waals surface area contributed by atoms with Crippen LogP contribution < -0.4 is 0 Å². The number of nitrogens with zero attached hydrogens (tertiary/aromatic N) is 2. The molecular weight excluding hydrogens is 188 g/mol. The van der Waals surface area contributed by atoms with E-state index >= 15 is 0 Å². The van der Waals surface area contributed by atoms with Gasteiger partial charge in [0.1, 0.15) is 6.04 Å². The molecule has 3 nitrogen and oxygen atoms in total. The second kappa shape index (κ2) is 3.74. The maximum absolute atomic E-state index is 11.4. The van der Waals surface area contributed by atoms with E-state index in [1.165, 1.54) is 12.5 Å². The van der Waals surface area contributed by atoms with Crippen LogP contribution in [0.4, 0.5) is 0 Å². The van der Waals surface area contributed by atoms with Crippen molar-refractivity contribution >= 4 is 5.91 Å². The topological polar surface area (TPSA) is 44.1 Å². The van der Waals surface area contributed by atoms with Crippen LogP contribution in [0.3, 0.4) is 0 Å². The molecule has 0 spiro atoms. The van der Waals surface area contributed by atoms with Crippen LogP contribution >= 0.6 is 0 Å². The van der Waals surface area contributed by atoms with Crippen LogP contribution in [-0.2, 0) is 11.2 Å². The SMILES string of the molecule is CC(=O)N1CCc2ccccc2[C@H]1C#N. The number of fused-ring (bicyclic) bond motifs is 1. The quantitative estimate of drug-likeness (QED) is 0.639. The Morgan fingerprint density at radius 2 is 2.27 bits per heavy atom. The molecule has 1 aromatic rings.